The number of rotatable bonds is 3. The second-order valence-corrected chi connectivity index (χ2v) is 4.58. The summed E-state index contributed by atoms with van der Waals surface area (Å²) < 4.78 is 12.8. The lowest BCUT2D eigenvalue weighted by atomic mass is 10.1. The van der Waals surface area contributed by atoms with Crippen LogP contribution in [0.15, 0.2) is 48.5 Å². The van der Waals surface area contributed by atoms with Gasteiger partial charge in [-0.25, -0.2) is 4.39 Å². The highest BCUT2D eigenvalue weighted by Gasteiger charge is 2.01. The average molecular weight is 259 g/mol. The van der Waals surface area contributed by atoms with Crippen molar-refractivity contribution < 1.29 is 4.39 Å². The normalized spacial score (nSPS) is 10.1. The lowest BCUT2D eigenvalue weighted by Crippen LogP contribution is -2.21. The minimum absolute atomic E-state index is 0.250. The van der Waals surface area contributed by atoms with Crippen LogP contribution in [0, 0.1) is 12.7 Å². The monoisotopic (exact) mass is 259 g/mol. The molecule has 3 heteroatoms. The predicted octanol–water partition coefficient (Wildman–Crippen LogP) is 3.60. The van der Waals surface area contributed by atoms with E-state index in [2.05, 4.69) is 36.5 Å². The molecule has 0 heterocycles. The molecule has 0 spiro atoms. The minimum Gasteiger partial charge on any atom is -0.372 e. The zero-order chi connectivity index (χ0) is 13.0. The molecule has 92 valence electrons. The van der Waals surface area contributed by atoms with Crippen LogP contribution in [-0.4, -0.2) is 4.99 Å². The van der Waals surface area contributed by atoms with Crippen molar-refractivity contribution in [3.63, 3.8) is 0 Å². The van der Waals surface area contributed by atoms with Crippen molar-refractivity contribution in [1.29, 1.82) is 0 Å². The van der Waals surface area contributed by atoms with Gasteiger partial charge in [0.2, 0.25) is 0 Å². The van der Waals surface area contributed by atoms with E-state index >= 15 is 0 Å². The van der Waals surface area contributed by atoms with E-state index < -0.39 is 0 Å². The topological polar surface area (TPSA) is 12.0 Å². The molecule has 0 saturated carbocycles. The number of thiocarbonyl (C=S) groups is 1. The Morgan fingerprint density at radius 3 is 2.28 bits per heavy atom. The maximum atomic E-state index is 12.8. The van der Waals surface area contributed by atoms with Crippen molar-refractivity contribution >= 4 is 17.2 Å². The molecule has 0 radical (unpaired) electrons. The number of halogens is 1. The lowest BCUT2D eigenvalue weighted by Gasteiger charge is -2.08. The van der Waals surface area contributed by atoms with E-state index in [4.69, 9.17) is 12.2 Å². The van der Waals surface area contributed by atoms with Crippen LogP contribution in [0.25, 0.3) is 0 Å². The summed E-state index contributed by atoms with van der Waals surface area (Å²) in [6.45, 7) is 2.73. The molecule has 0 bridgehead atoms. The molecular formula is C15H14FNS. The molecule has 0 atom stereocenters. The van der Waals surface area contributed by atoms with Crippen LogP contribution in [0.3, 0.4) is 0 Å². The van der Waals surface area contributed by atoms with Crippen molar-refractivity contribution in [2.24, 2.45) is 0 Å². The van der Waals surface area contributed by atoms with Crippen LogP contribution in [0.4, 0.5) is 4.39 Å². The first kappa shape index (κ1) is 12.7. The van der Waals surface area contributed by atoms with Gasteiger partial charge in [0.15, 0.2) is 0 Å². The Kier molecular flexibility index (Phi) is 4.05. The summed E-state index contributed by atoms with van der Waals surface area (Å²) in [5.41, 5.74) is 3.24. The smallest absolute Gasteiger partial charge is 0.123 e. The van der Waals surface area contributed by atoms with Crippen LogP contribution in [0.1, 0.15) is 16.7 Å². The fourth-order valence-electron chi connectivity index (χ4n) is 1.59. The van der Waals surface area contributed by atoms with Crippen LogP contribution < -0.4 is 5.32 Å². The maximum absolute atomic E-state index is 12.8. The third-order valence-corrected chi connectivity index (χ3v) is 3.06. The first-order valence-corrected chi connectivity index (χ1v) is 6.15. The average Bonchev–Trinajstić information content (AvgIpc) is 2.38. The summed E-state index contributed by atoms with van der Waals surface area (Å²) >= 11 is 5.26. The molecule has 0 unspecified atom stereocenters. The quantitative estimate of drug-likeness (QED) is 0.845. The van der Waals surface area contributed by atoms with Crippen molar-refractivity contribution in [2.45, 2.75) is 13.5 Å². The second-order valence-electron chi connectivity index (χ2n) is 4.18. The summed E-state index contributed by atoms with van der Waals surface area (Å²) in [5.74, 6) is -0.250. The Hall–Kier alpha value is -1.74. The third-order valence-electron chi connectivity index (χ3n) is 2.68. The van der Waals surface area contributed by atoms with Gasteiger partial charge >= 0.3 is 0 Å². The lowest BCUT2D eigenvalue weighted by molar-refractivity contribution is 0.627. The molecule has 0 aromatic heterocycles. The number of nitrogens with one attached hydrogen (secondary N) is 1. The van der Waals surface area contributed by atoms with Gasteiger partial charge in [-0.15, -0.1) is 0 Å². The van der Waals surface area contributed by atoms with E-state index in [9.17, 15) is 4.39 Å². The molecule has 0 aliphatic heterocycles. The Morgan fingerprint density at radius 2 is 1.67 bits per heavy atom. The first-order valence-electron chi connectivity index (χ1n) is 5.74. The van der Waals surface area contributed by atoms with Crippen LogP contribution in [0.5, 0.6) is 0 Å². The van der Waals surface area contributed by atoms with Gasteiger partial charge in [0.05, 0.1) is 0 Å². The SMILES string of the molecule is Cc1ccc(CNC(=S)c2ccc(F)cc2)cc1. The number of aryl methyl sites for hydroxylation is 1. The van der Waals surface area contributed by atoms with Crippen molar-refractivity contribution in [3.05, 3.63) is 71.0 Å². The highest BCUT2D eigenvalue weighted by atomic mass is 32.1. The molecule has 0 amide bonds. The zero-order valence-corrected chi connectivity index (χ0v) is 10.9. The Labute approximate surface area is 112 Å². The van der Waals surface area contributed by atoms with E-state index in [-0.39, 0.29) is 5.82 Å². The van der Waals surface area contributed by atoms with Crippen molar-refractivity contribution in [3.8, 4) is 0 Å². The van der Waals surface area contributed by atoms with Gasteiger partial charge < -0.3 is 5.32 Å². The molecular weight excluding hydrogens is 245 g/mol. The van der Waals surface area contributed by atoms with Crippen molar-refractivity contribution in [2.75, 3.05) is 0 Å². The molecule has 18 heavy (non-hydrogen) atoms. The Balaban J connectivity index is 1.96. The van der Waals surface area contributed by atoms with Gasteiger partial charge in [0, 0.05) is 12.1 Å². The first-order chi connectivity index (χ1) is 8.65. The molecule has 0 fully saturated rings. The van der Waals surface area contributed by atoms with E-state index in [1.165, 1.54) is 23.3 Å². The summed E-state index contributed by atoms with van der Waals surface area (Å²) in [6.07, 6.45) is 0. The summed E-state index contributed by atoms with van der Waals surface area (Å²) in [4.78, 5) is 0.635. The number of benzene rings is 2. The standard InChI is InChI=1S/C15H14FNS/c1-11-2-4-12(5-3-11)10-17-15(18)13-6-8-14(16)9-7-13/h2-9H,10H2,1H3,(H,17,18). The van der Waals surface area contributed by atoms with Gasteiger partial charge in [0.25, 0.3) is 0 Å². The van der Waals surface area contributed by atoms with Gasteiger partial charge in [-0.2, -0.15) is 0 Å². The maximum Gasteiger partial charge on any atom is 0.123 e. The Bertz CT molecular complexity index is 531. The number of hydrogen-bond donors (Lipinski definition) is 1. The van der Waals surface area contributed by atoms with Gasteiger partial charge in [-0.1, -0.05) is 42.0 Å². The molecule has 0 aliphatic rings. The summed E-state index contributed by atoms with van der Waals surface area (Å²) in [7, 11) is 0. The fourth-order valence-corrected chi connectivity index (χ4v) is 1.80. The second kappa shape index (κ2) is 5.74. The molecule has 2 aromatic rings. The Morgan fingerprint density at radius 1 is 1.06 bits per heavy atom. The van der Waals surface area contributed by atoms with Crippen LogP contribution in [-0.2, 0) is 6.54 Å². The largest absolute Gasteiger partial charge is 0.372 e. The van der Waals surface area contributed by atoms with Gasteiger partial charge in [-0.05, 0) is 36.8 Å². The molecule has 1 N–H and O–H groups in total. The van der Waals surface area contributed by atoms with Crippen molar-refractivity contribution in [1.82, 2.24) is 5.32 Å². The van der Waals surface area contributed by atoms with Crippen LogP contribution in [0.2, 0.25) is 0 Å². The van der Waals surface area contributed by atoms with E-state index in [1.54, 1.807) is 12.1 Å². The molecule has 0 aliphatic carbocycles. The van der Waals surface area contributed by atoms with E-state index in [0.717, 1.165) is 5.56 Å². The van der Waals surface area contributed by atoms with Gasteiger partial charge in [0.1, 0.15) is 10.8 Å². The highest BCUT2D eigenvalue weighted by Crippen LogP contribution is 2.06. The molecule has 2 rings (SSSR count). The molecule has 2 aromatic carbocycles. The minimum atomic E-state index is -0.250. The third kappa shape index (κ3) is 3.37. The summed E-state index contributed by atoms with van der Waals surface area (Å²) in [5, 5.41) is 3.16. The highest BCUT2D eigenvalue weighted by molar-refractivity contribution is 7.80. The zero-order valence-electron chi connectivity index (χ0n) is 10.1. The summed E-state index contributed by atoms with van der Waals surface area (Å²) in [6, 6.07) is 14.4. The fraction of sp³-hybridized carbons (Fsp3) is 0.133. The van der Waals surface area contributed by atoms with Crippen LogP contribution >= 0.6 is 12.2 Å². The molecule has 1 nitrogen and oxygen atoms in total. The predicted molar refractivity (Wildman–Crippen MR) is 76.1 cm³/mol. The van der Waals surface area contributed by atoms with E-state index in [1.807, 2.05) is 0 Å². The van der Waals surface area contributed by atoms with E-state index in [0.29, 0.717) is 11.5 Å². The number of hydrogen-bond acceptors (Lipinski definition) is 1. The molecule has 0 saturated heterocycles. The van der Waals surface area contributed by atoms with Gasteiger partial charge in [-0.3, -0.25) is 0 Å².